The Morgan fingerprint density at radius 1 is 1.32 bits per heavy atom. The van der Waals surface area contributed by atoms with Crippen LogP contribution in [0.25, 0.3) is 0 Å². The summed E-state index contributed by atoms with van der Waals surface area (Å²) in [6.07, 6.45) is 3.31. The van der Waals surface area contributed by atoms with Crippen molar-refractivity contribution in [1.82, 2.24) is 0 Å². The fourth-order valence-corrected chi connectivity index (χ4v) is 2.44. The highest BCUT2D eigenvalue weighted by Gasteiger charge is 2.21. The van der Waals surface area contributed by atoms with Crippen LogP contribution in [0.2, 0.25) is 0 Å². The van der Waals surface area contributed by atoms with Gasteiger partial charge in [0.15, 0.2) is 0 Å². The molecule has 102 valence electrons. The van der Waals surface area contributed by atoms with E-state index in [-0.39, 0.29) is 0 Å². The van der Waals surface area contributed by atoms with E-state index in [9.17, 15) is 0 Å². The van der Waals surface area contributed by atoms with Crippen molar-refractivity contribution >= 4 is 5.69 Å². The van der Waals surface area contributed by atoms with Crippen molar-refractivity contribution in [2.75, 3.05) is 31.1 Å². The number of ether oxygens (including phenoxy) is 1. The number of hydrogen-bond donors (Lipinski definition) is 1. The van der Waals surface area contributed by atoms with E-state index in [1.54, 1.807) is 0 Å². The Labute approximate surface area is 114 Å². The van der Waals surface area contributed by atoms with Gasteiger partial charge in [0.2, 0.25) is 0 Å². The number of anilines is 1. The molecule has 0 spiro atoms. The number of benzene rings is 1. The molecule has 0 radical (unpaired) electrons. The van der Waals surface area contributed by atoms with E-state index in [2.05, 4.69) is 11.0 Å². The maximum atomic E-state index is 9.13. The van der Waals surface area contributed by atoms with Crippen LogP contribution in [-0.2, 0) is 4.74 Å². The first-order chi connectivity index (χ1) is 9.35. The average molecular weight is 259 g/mol. The van der Waals surface area contributed by atoms with Gasteiger partial charge in [0.25, 0.3) is 0 Å². The summed E-state index contributed by atoms with van der Waals surface area (Å²) in [7, 11) is 0. The average Bonchev–Trinajstić information content (AvgIpc) is 2.48. The molecule has 1 aromatic carbocycles. The molecule has 1 aromatic rings. The number of rotatable bonds is 5. The van der Waals surface area contributed by atoms with Gasteiger partial charge in [-0.1, -0.05) is 12.1 Å². The highest BCUT2D eigenvalue weighted by atomic mass is 16.5. The zero-order valence-electron chi connectivity index (χ0n) is 11.2. The molecule has 0 amide bonds. The van der Waals surface area contributed by atoms with Crippen LogP contribution in [-0.4, -0.2) is 32.3 Å². The van der Waals surface area contributed by atoms with Crippen molar-refractivity contribution in [3.63, 3.8) is 0 Å². The molecule has 1 aliphatic heterocycles. The lowest BCUT2D eigenvalue weighted by atomic mass is 10.1. The van der Waals surface area contributed by atoms with E-state index in [0.717, 1.165) is 50.2 Å². The quantitative estimate of drug-likeness (QED) is 0.820. The number of nitrogens with zero attached hydrogens (tertiary/aromatic N) is 2. The smallest absolute Gasteiger partial charge is 0.101 e. The first-order valence-electron chi connectivity index (χ1n) is 6.91. The van der Waals surface area contributed by atoms with E-state index < -0.39 is 0 Å². The maximum absolute atomic E-state index is 9.13. The molecule has 4 heteroatoms. The normalized spacial score (nSPS) is 16.3. The van der Waals surface area contributed by atoms with Crippen LogP contribution in [0.4, 0.5) is 5.69 Å². The van der Waals surface area contributed by atoms with E-state index in [4.69, 9.17) is 15.7 Å². The Morgan fingerprint density at radius 3 is 2.74 bits per heavy atom. The predicted octanol–water partition coefficient (Wildman–Crippen LogP) is 1.89. The predicted molar refractivity (Wildman–Crippen MR) is 76.0 cm³/mol. The van der Waals surface area contributed by atoms with Gasteiger partial charge in [0, 0.05) is 19.7 Å². The SMILES string of the molecule is N#Cc1ccccc1N1CCC(OCCCN)CC1. The Bertz CT molecular complexity index is 433. The minimum absolute atomic E-state index is 0.344. The van der Waals surface area contributed by atoms with Gasteiger partial charge in [-0.15, -0.1) is 0 Å². The van der Waals surface area contributed by atoms with Crippen LogP contribution in [0, 0.1) is 11.3 Å². The summed E-state index contributed by atoms with van der Waals surface area (Å²) in [4.78, 5) is 2.28. The standard InChI is InChI=1S/C15H21N3O/c16-8-3-11-19-14-6-9-18(10-7-14)15-5-2-1-4-13(15)12-17/h1-2,4-5,14H,3,6-11,16H2. The van der Waals surface area contributed by atoms with E-state index in [0.29, 0.717) is 12.6 Å². The lowest BCUT2D eigenvalue weighted by Gasteiger charge is -2.34. The lowest BCUT2D eigenvalue weighted by molar-refractivity contribution is 0.0366. The lowest BCUT2D eigenvalue weighted by Crippen LogP contribution is -2.37. The van der Waals surface area contributed by atoms with Gasteiger partial charge < -0.3 is 15.4 Å². The Hall–Kier alpha value is -1.57. The van der Waals surface area contributed by atoms with Gasteiger partial charge in [-0.05, 0) is 37.9 Å². The second-order valence-electron chi connectivity index (χ2n) is 4.83. The minimum atomic E-state index is 0.344. The topological polar surface area (TPSA) is 62.3 Å². The van der Waals surface area contributed by atoms with Crippen molar-refractivity contribution in [2.45, 2.75) is 25.4 Å². The summed E-state index contributed by atoms with van der Waals surface area (Å²) in [5.74, 6) is 0. The number of hydrogen-bond acceptors (Lipinski definition) is 4. The van der Waals surface area contributed by atoms with Crippen molar-refractivity contribution < 1.29 is 4.74 Å². The van der Waals surface area contributed by atoms with E-state index in [1.807, 2.05) is 24.3 Å². The molecule has 0 bridgehead atoms. The third-order valence-corrected chi connectivity index (χ3v) is 3.51. The molecule has 2 rings (SSSR count). The maximum Gasteiger partial charge on any atom is 0.101 e. The number of piperidine rings is 1. The second-order valence-corrected chi connectivity index (χ2v) is 4.83. The second kappa shape index (κ2) is 7.13. The van der Waals surface area contributed by atoms with Crippen LogP contribution in [0.5, 0.6) is 0 Å². The number of nitriles is 1. The number of para-hydroxylation sites is 1. The van der Waals surface area contributed by atoms with E-state index >= 15 is 0 Å². The van der Waals surface area contributed by atoms with Gasteiger partial charge in [0.05, 0.1) is 17.4 Å². The molecule has 0 saturated carbocycles. The fourth-order valence-electron chi connectivity index (χ4n) is 2.44. The molecule has 1 aliphatic rings. The molecule has 0 atom stereocenters. The summed E-state index contributed by atoms with van der Waals surface area (Å²) in [5.41, 5.74) is 7.26. The largest absolute Gasteiger partial charge is 0.378 e. The Balaban J connectivity index is 1.88. The van der Waals surface area contributed by atoms with Crippen LogP contribution < -0.4 is 10.6 Å². The van der Waals surface area contributed by atoms with Crippen molar-refractivity contribution in [1.29, 1.82) is 5.26 Å². The zero-order chi connectivity index (χ0) is 13.5. The molecule has 1 saturated heterocycles. The summed E-state index contributed by atoms with van der Waals surface area (Å²) in [6, 6.07) is 10.0. The summed E-state index contributed by atoms with van der Waals surface area (Å²) in [6.45, 7) is 3.35. The Morgan fingerprint density at radius 2 is 2.05 bits per heavy atom. The van der Waals surface area contributed by atoms with Crippen molar-refractivity contribution in [3.05, 3.63) is 29.8 Å². The molecule has 19 heavy (non-hydrogen) atoms. The first kappa shape index (κ1) is 13.9. The monoisotopic (exact) mass is 259 g/mol. The molecule has 0 unspecified atom stereocenters. The molecular formula is C15H21N3O. The van der Waals surface area contributed by atoms with Crippen LogP contribution in [0.15, 0.2) is 24.3 Å². The molecule has 2 N–H and O–H groups in total. The Kier molecular flexibility index (Phi) is 5.20. The van der Waals surface area contributed by atoms with Gasteiger partial charge in [-0.25, -0.2) is 0 Å². The molecule has 1 fully saturated rings. The molecule has 4 nitrogen and oxygen atoms in total. The highest BCUT2D eigenvalue weighted by Crippen LogP contribution is 2.24. The van der Waals surface area contributed by atoms with Crippen LogP contribution >= 0.6 is 0 Å². The van der Waals surface area contributed by atoms with Gasteiger partial charge in [-0.2, -0.15) is 5.26 Å². The zero-order valence-corrected chi connectivity index (χ0v) is 11.2. The summed E-state index contributed by atoms with van der Waals surface area (Å²) >= 11 is 0. The molecule has 0 aromatic heterocycles. The minimum Gasteiger partial charge on any atom is -0.378 e. The van der Waals surface area contributed by atoms with Gasteiger partial charge in [0.1, 0.15) is 6.07 Å². The van der Waals surface area contributed by atoms with Gasteiger partial charge in [-0.3, -0.25) is 0 Å². The van der Waals surface area contributed by atoms with Gasteiger partial charge >= 0.3 is 0 Å². The third-order valence-electron chi connectivity index (χ3n) is 3.51. The van der Waals surface area contributed by atoms with Crippen molar-refractivity contribution in [2.24, 2.45) is 5.73 Å². The van der Waals surface area contributed by atoms with Crippen LogP contribution in [0.3, 0.4) is 0 Å². The molecule has 1 heterocycles. The fraction of sp³-hybridized carbons (Fsp3) is 0.533. The van der Waals surface area contributed by atoms with Crippen LogP contribution in [0.1, 0.15) is 24.8 Å². The molecular weight excluding hydrogens is 238 g/mol. The number of nitrogens with two attached hydrogens (primary N) is 1. The molecule has 0 aliphatic carbocycles. The third kappa shape index (κ3) is 3.69. The van der Waals surface area contributed by atoms with E-state index in [1.165, 1.54) is 0 Å². The summed E-state index contributed by atoms with van der Waals surface area (Å²) < 4.78 is 5.79. The highest BCUT2D eigenvalue weighted by molar-refractivity contribution is 5.59. The van der Waals surface area contributed by atoms with Crippen molar-refractivity contribution in [3.8, 4) is 6.07 Å². The summed E-state index contributed by atoms with van der Waals surface area (Å²) in [5, 5.41) is 9.13. The first-order valence-corrected chi connectivity index (χ1v) is 6.91.